The first-order chi connectivity index (χ1) is 18.5. The molecular formula is C29H29FN6O2. The van der Waals surface area contributed by atoms with Crippen LogP contribution in [0, 0.1) is 11.7 Å². The lowest BCUT2D eigenvalue weighted by Gasteiger charge is -2.37. The lowest BCUT2D eigenvalue weighted by Crippen LogP contribution is -2.50. The number of likely N-dealkylation sites (tertiary alicyclic amines) is 1. The number of imidazole rings is 1. The van der Waals surface area contributed by atoms with Crippen molar-refractivity contribution in [3.8, 4) is 17.0 Å². The molecule has 194 valence electrons. The van der Waals surface area contributed by atoms with Crippen molar-refractivity contribution in [3.05, 3.63) is 84.1 Å². The number of H-pyrrole nitrogens is 1. The Labute approximate surface area is 219 Å². The van der Waals surface area contributed by atoms with Crippen molar-refractivity contribution in [2.45, 2.75) is 25.9 Å². The summed E-state index contributed by atoms with van der Waals surface area (Å²) in [5.41, 5.74) is 4.54. The van der Waals surface area contributed by atoms with E-state index in [4.69, 9.17) is 4.74 Å². The maximum absolute atomic E-state index is 14.5. The van der Waals surface area contributed by atoms with Crippen LogP contribution in [0.2, 0.25) is 0 Å². The molecule has 1 aliphatic rings. The van der Waals surface area contributed by atoms with Gasteiger partial charge in [-0.15, -0.1) is 0 Å². The maximum atomic E-state index is 14.5. The number of rotatable bonds is 6. The summed E-state index contributed by atoms with van der Waals surface area (Å²) >= 11 is 0. The molecule has 1 aliphatic heterocycles. The fourth-order valence-corrected chi connectivity index (χ4v) is 5.51. The normalized spacial score (nSPS) is 18.2. The smallest absolute Gasteiger partial charge is 0.251 e. The highest BCUT2D eigenvalue weighted by Gasteiger charge is 2.28. The summed E-state index contributed by atoms with van der Waals surface area (Å²) in [5, 5.41) is 11.7. The maximum Gasteiger partial charge on any atom is 0.251 e. The number of piperidine rings is 1. The number of carbonyl (C=O) groups excluding carboxylic acids is 1. The van der Waals surface area contributed by atoms with Crippen LogP contribution in [0.3, 0.4) is 0 Å². The van der Waals surface area contributed by atoms with Gasteiger partial charge in [-0.1, -0.05) is 13.0 Å². The molecule has 1 fully saturated rings. The largest absolute Gasteiger partial charge is 0.496 e. The quantitative estimate of drug-likeness (QED) is 0.345. The van der Waals surface area contributed by atoms with Crippen molar-refractivity contribution in [1.82, 2.24) is 29.8 Å². The standard InChI is InChI=1S/C29H29FN6O2/c1-18-12-21(16-35(14-18)17-23-24(30)4-3-5-26(23)38-2)32-29(37)19-6-8-25-22(13-19)28(34-33-25)20-7-9-27-31-10-11-36(27)15-20/h3-11,13,15,18,21H,12,14,16-17H2,1-2H3,(H,32,37)(H,33,34)/t18-,21-/m1/s1. The fraction of sp³-hybridized carbons (Fsp3) is 0.276. The molecule has 2 atom stereocenters. The average molecular weight is 513 g/mol. The third-order valence-corrected chi connectivity index (χ3v) is 7.24. The van der Waals surface area contributed by atoms with Gasteiger partial charge in [-0.05, 0) is 54.8 Å². The van der Waals surface area contributed by atoms with E-state index in [1.807, 2.05) is 47.1 Å². The van der Waals surface area contributed by atoms with E-state index in [2.05, 4.69) is 32.3 Å². The number of aromatic amines is 1. The van der Waals surface area contributed by atoms with Gasteiger partial charge in [0.15, 0.2) is 0 Å². The molecule has 0 saturated carbocycles. The van der Waals surface area contributed by atoms with E-state index in [9.17, 15) is 9.18 Å². The van der Waals surface area contributed by atoms with Crippen molar-refractivity contribution in [2.75, 3.05) is 20.2 Å². The Balaban J connectivity index is 1.20. The number of pyridine rings is 1. The van der Waals surface area contributed by atoms with E-state index >= 15 is 0 Å². The van der Waals surface area contributed by atoms with Crippen LogP contribution in [0.4, 0.5) is 4.39 Å². The van der Waals surface area contributed by atoms with E-state index in [0.717, 1.165) is 40.8 Å². The highest BCUT2D eigenvalue weighted by atomic mass is 19.1. The van der Waals surface area contributed by atoms with Crippen LogP contribution in [-0.4, -0.2) is 56.6 Å². The minimum atomic E-state index is -0.278. The number of ether oxygens (including phenoxy) is 1. The minimum absolute atomic E-state index is 0.0489. The summed E-state index contributed by atoms with van der Waals surface area (Å²) < 4.78 is 21.9. The lowest BCUT2D eigenvalue weighted by atomic mass is 9.95. The number of nitrogens with zero attached hydrogens (tertiary/aromatic N) is 4. The molecule has 1 saturated heterocycles. The Morgan fingerprint density at radius 3 is 2.97 bits per heavy atom. The molecule has 2 N–H and O–H groups in total. The molecule has 0 unspecified atom stereocenters. The zero-order chi connectivity index (χ0) is 26.2. The summed E-state index contributed by atoms with van der Waals surface area (Å²) in [6.45, 7) is 4.05. The van der Waals surface area contributed by atoms with Gasteiger partial charge in [-0.3, -0.25) is 14.8 Å². The predicted octanol–water partition coefficient (Wildman–Crippen LogP) is 4.67. The van der Waals surface area contributed by atoms with Gasteiger partial charge in [0, 0.05) is 66.3 Å². The van der Waals surface area contributed by atoms with Crippen LogP contribution in [-0.2, 0) is 6.54 Å². The fourth-order valence-electron chi connectivity index (χ4n) is 5.51. The molecule has 0 bridgehead atoms. The van der Waals surface area contributed by atoms with Crippen LogP contribution in [0.15, 0.2) is 67.1 Å². The molecule has 6 rings (SSSR count). The van der Waals surface area contributed by atoms with E-state index in [-0.39, 0.29) is 17.8 Å². The number of benzene rings is 2. The van der Waals surface area contributed by atoms with Gasteiger partial charge in [-0.25, -0.2) is 9.37 Å². The van der Waals surface area contributed by atoms with Gasteiger partial charge in [0.25, 0.3) is 5.91 Å². The van der Waals surface area contributed by atoms with E-state index in [1.54, 1.807) is 25.4 Å². The topological polar surface area (TPSA) is 87.5 Å². The summed E-state index contributed by atoms with van der Waals surface area (Å²) in [7, 11) is 1.55. The summed E-state index contributed by atoms with van der Waals surface area (Å²) in [4.78, 5) is 19.8. The van der Waals surface area contributed by atoms with Crippen molar-refractivity contribution in [2.24, 2.45) is 5.92 Å². The van der Waals surface area contributed by atoms with Crippen molar-refractivity contribution in [3.63, 3.8) is 0 Å². The molecular weight excluding hydrogens is 483 g/mol. The number of amides is 1. The van der Waals surface area contributed by atoms with E-state index in [1.165, 1.54) is 6.07 Å². The molecule has 4 heterocycles. The third-order valence-electron chi connectivity index (χ3n) is 7.24. The zero-order valence-electron chi connectivity index (χ0n) is 21.3. The second kappa shape index (κ2) is 9.90. The van der Waals surface area contributed by atoms with Crippen LogP contribution in [0.5, 0.6) is 5.75 Å². The van der Waals surface area contributed by atoms with Gasteiger partial charge in [0.2, 0.25) is 0 Å². The molecule has 38 heavy (non-hydrogen) atoms. The SMILES string of the molecule is COc1cccc(F)c1CN1C[C@H](C)C[C@@H](NC(=O)c2ccc3[nH]nc(-c4ccc5nccn5c4)c3c2)C1. The van der Waals surface area contributed by atoms with Crippen molar-refractivity contribution >= 4 is 22.5 Å². The molecule has 1 amide bonds. The summed E-state index contributed by atoms with van der Waals surface area (Å²) in [6, 6.07) is 14.3. The third kappa shape index (κ3) is 4.61. The molecule has 5 aromatic rings. The van der Waals surface area contributed by atoms with Crippen molar-refractivity contribution in [1.29, 1.82) is 0 Å². The molecule has 0 aliphatic carbocycles. The number of carbonyl (C=O) groups is 1. The lowest BCUT2D eigenvalue weighted by molar-refractivity contribution is 0.0868. The average Bonchev–Trinajstić information content (AvgIpc) is 3.55. The molecule has 8 nitrogen and oxygen atoms in total. The Morgan fingerprint density at radius 2 is 2.11 bits per heavy atom. The Hall–Kier alpha value is -4.24. The van der Waals surface area contributed by atoms with Crippen LogP contribution in [0.1, 0.15) is 29.3 Å². The first kappa shape index (κ1) is 24.1. The Bertz CT molecular complexity index is 1630. The summed E-state index contributed by atoms with van der Waals surface area (Å²) in [5.74, 6) is 0.485. The van der Waals surface area contributed by atoms with E-state index in [0.29, 0.717) is 35.9 Å². The predicted molar refractivity (Wildman–Crippen MR) is 144 cm³/mol. The molecule has 9 heteroatoms. The number of aromatic nitrogens is 4. The summed E-state index contributed by atoms with van der Waals surface area (Å²) in [6.07, 6.45) is 6.49. The van der Waals surface area contributed by atoms with Gasteiger partial charge in [-0.2, -0.15) is 5.10 Å². The van der Waals surface area contributed by atoms with Crippen molar-refractivity contribution < 1.29 is 13.9 Å². The number of nitrogens with one attached hydrogen (secondary N) is 2. The second-order valence-corrected chi connectivity index (χ2v) is 10.1. The van der Waals surface area contributed by atoms with Crippen LogP contribution >= 0.6 is 0 Å². The Kier molecular flexibility index (Phi) is 6.29. The van der Waals surface area contributed by atoms with Gasteiger partial charge in [0.05, 0.1) is 12.6 Å². The Morgan fingerprint density at radius 1 is 1.21 bits per heavy atom. The zero-order valence-corrected chi connectivity index (χ0v) is 21.3. The molecule has 3 aromatic heterocycles. The second-order valence-electron chi connectivity index (χ2n) is 10.1. The first-order valence-corrected chi connectivity index (χ1v) is 12.7. The first-order valence-electron chi connectivity index (χ1n) is 12.7. The number of halogens is 1. The molecule has 0 spiro atoms. The van der Waals surface area contributed by atoms with Gasteiger partial charge in [0.1, 0.15) is 22.9 Å². The van der Waals surface area contributed by atoms with Gasteiger partial charge < -0.3 is 14.5 Å². The number of methoxy groups -OCH3 is 1. The van der Waals surface area contributed by atoms with Crippen LogP contribution in [0.25, 0.3) is 27.8 Å². The molecule has 2 aromatic carbocycles. The highest BCUT2D eigenvalue weighted by molar-refractivity contribution is 6.01. The number of hydrogen-bond acceptors (Lipinski definition) is 5. The van der Waals surface area contributed by atoms with E-state index < -0.39 is 0 Å². The highest BCUT2D eigenvalue weighted by Crippen LogP contribution is 2.28. The van der Waals surface area contributed by atoms with Crippen LogP contribution < -0.4 is 10.1 Å². The number of hydrogen-bond donors (Lipinski definition) is 2. The number of fused-ring (bicyclic) bond motifs is 2. The molecule has 0 radical (unpaired) electrons. The van der Waals surface area contributed by atoms with Gasteiger partial charge >= 0.3 is 0 Å². The monoisotopic (exact) mass is 512 g/mol. The minimum Gasteiger partial charge on any atom is -0.496 e.